The molecule has 3 aromatic rings. The van der Waals surface area contributed by atoms with Crippen molar-refractivity contribution in [3.05, 3.63) is 55.0 Å². The van der Waals surface area contributed by atoms with E-state index in [2.05, 4.69) is 20.3 Å². The molecule has 0 fully saturated rings. The number of nitrogens with zero attached hydrogens (tertiary/aromatic N) is 3. The van der Waals surface area contributed by atoms with Crippen molar-refractivity contribution < 1.29 is 4.74 Å². The second kappa shape index (κ2) is 6.09. The molecule has 0 saturated heterocycles. The predicted octanol–water partition coefficient (Wildman–Crippen LogP) is 2.87. The van der Waals surface area contributed by atoms with Crippen molar-refractivity contribution in [2.24, 2.45) is 0 Å². The molecule has 3 rings (SSSR count). The molecule has 0 atom stereocenters. The van der Waals surface area contributed by atoms with E-state index in [-0.39, 0.29) is 0 Å². The zero-order valence-electron chi connectivity index (χ0n) is 12.0. The number of anilines is 3. The molecule has 0 spiro atoms. The number of rotatable bonds is 4. The van der Waals surface area contributed by atoms with Crippen LogP contribution in [0.1, 0.15) is 0 Å². The predicted molar refractivity (Wildman–Crippen MR) is 86.0 cm³/mol. The highest BCUT2D eigenvalue weighted by Crippen LogP contribution is 2.29. The van der Waals surface area contributed by atoms with E-state index in [9.17, 15) is 0 Å². The fourth-order valence-electron chi connectivity index (χ4n) is 2.04. The van der Waals surface area contributed by atoms with Crippen LogP contribution >= 0.6 is 0 Å². The van der Waals surface area contributed by atoms with Gasteiger partial charge in [0.05, 0.1) is 18.5 Å². The third kappa shape index (κ3) is 2.95. The quantitative estimate of drug-likeness (QED) is 0.719. The van der Waals surface area contributed by atoms with Crippen LogP contribution in [0.4, 0.5) is 17.3 Å². The minimum atomic E-state index is 0.463. The van der Waals surface area contributed by atoms with Gasteiger partial charge >= 0.3 is 0 Å². The van der Waals surface area contributed by atoms with E-state index in [4.69, 9.17) is 10.5 Å². The third-order valence-corrected chi connectivity index (χ3v) is 3.08. The summed E-state index contributed by atoms with van der Waals surface area (Å²) >= 11 is 0. The van der Waals surface area contributed by atoms with Gasteiger partial charge in [-0.25, -0.2) is 9.97 Å². The van der Waals surface area contributed by atoms with Gasteiger partial charge < -0.3 is 15.8 Å². The largest absolute Gasteiger partial charge is 0.495 e. The molecule has 22 heavy (non-hydrogen) atoms. The maximum Gasteiger partial charge on any atom is 0.227 e. The van der Waals surface area contributed by atoms with Crippen LogP contribution in [0.2, 0.25) is 0 Å². The van der Waals surface area contributed by atoms with Gasteiger partial charge in [0, 0.05) is 29.8 Å². The highest BCUT2D eigenvalue weighted by molar-refractivity contribution is 5.68. The number of hydrogen-bond donors (Lipinski definition) is 2. The molecule has 6 heteroatoms. The Balaban J connectivity index is 1.92. The summed E-state index contributed by atoms with van der Waals surface area (Å²) in [5.41, 5.74) is 8.87. The lowest BCUT2D eigenvalue weighted by Gasteiger charge is -2.11. The number of hydrogen-bond acceptors (Lipinski definition) is 6. The highest BCUT2D eigenvalue weighted by atomic mass is 16.5. The van der Waals surface area contributed by atoms with Gasteiger partial charge in [-0.1, -0.05) is 0 Å². The molecule has 0 aliphatic rings. The summed E-state index contributed by atoms with van der Waals surface area (Å²) in [7, 11) is 1.60. The van der Waals surface area contributed by atoms with Crippen LogP contribution in [-0.2, 0) is 0 Å². The first-order valence-electron chi connectivity index (χ1n) is 6.70. The summed E-state index contributed by atoms with van der Waals surface area (Å²) in [6.45, 7) is 0. The van der Waals surface area contributed by atoms with E-state index in [1.54, 1.807) is 43.9 Å². The number of pyridine rings is 1. The van der Waals surface area contributed by atoms with Crippen molar-refractivity contribution in [3.8, 4) is 17.0 Å². The first kappa shape index (κ1) is 13.8. The lowest BCUT2D eigenvalue weighted by Crippen LogP contribution is -2.00. The fourth-order valence-corrected chi connectivity index (χ4v) is 2.04. The Kier molecular flexibility index (Phi) is 3.82. The molecule has 1 aromatic carbocycles. The maximum absolute atomic E-state index is 5.81. The Labute approximate surface area is 128 Å². The minimum Gasteiger partial charge on any atom is -0.495 e. The smallest absolute Gasteiger partial charge is 0.227 e. The first-order valence-corrected chi connectivity index (χ1v) is 6.70. The molecule has 0 amide bonds. The maximum atomic E-state index is 5.81. The van der Waals surface area contributed by atoms with Crippen LogP contribution in [0.5, 0.6) is 5.75 Å². The van der Waals surface area contributed by atoms with Crippen molar-refractivity contribution in [3.63, 3.8) is 0 Å². The van der Waals surface area contributed by atoms with Crippen molar-refractivity contribution in [1.29, 1.82) is 0 Å². The Bertz CT molecular complexity index is 776. The zero-order chi connectivity index (χ0) is 15.4. The van der Waals surface area contributed by atoms with Crippen molar-refractivity contribution >= 4 is 17.3 Å². The molecule has 6 nitrogen and oxygen atoms in total. The van der Waals surface area contributed by atoms with Gasteiger partial charge in [0.2, 0.25) is 5.95 Å². The molecule has 2 heterocycles. The number of nitrogens with one attached hydrogen (secondary N) is 1. The minimum absolute atomic E-state index is 0.463. The van der Waals surface area contributed by atoms with Gasteiger partial charge in [-0.3, -0.25) is 4.98 Å². The van der Waals surface area contributed by atoms with Gasteiger partial charge in [-0.05, 0) is 36.4 Å². The van der Waals surface area contributed by atoms with Crippen LogP contribution in [-0.4, -0.2) is 22.1 Å². The summed E-state index contributed by atoms with van der Waals surface area (Å²) in [5.74, 6) is 1.13. The molecular weight excluding hydrogens is 278 g/mol. The van der Waals surface area contributed by atoms with Gasteiger partial charge in [0.1, 0.15) is 5.75 Å². The summed E-state index contributed by atoms with van der Waals surface area (Å²) in [5, 5.41) is 3.13. The summed E-state index contributed by atoms with van der Waals surface area (Å²) in [4.78, 5) is 12.8. The Morgan fingerprint density at radius 2 is 2.05 bits per heavy atom. The SMILES string of the molecule is COc1ccc(N)cc1Nc1nccc(-c2cccnc2)n1. The number of nitrogens with two attached hydrogens (primary N) is 1. The van der Waals surface area contributed by atoms with Crippen molar-refractivity contribution in [2.45, 2.75) is 0 Å². The summed E-state index contributed by atoms with van der Waals surface area (Å²) in [6.07, 6.45) is 5.17. The summed E-state index contributed by atoms with van der Waals surface area (Å²) in [6, 6.07) is 11.0. The Morgan fingerprint density at radius 1 is 1.14 bits per heavy atom. The molecule has 0 aliphatic heterocycles. The third-order valence-electron chi connectivity index (χ3n) is 3.08. The monoisotopic (exact) mass is 293 g/mol. The second-order valence-electron chi connectivity index (χ2n) is 4.59. The molecule has 0 unspecified atom stereocenters. The average Bonchev–Trinajstić information content (AvgIpc) is 2.56. The Hall–Kier alpha value is -3.15. The molecular formula is C16H15N5O. The van der Waals surface area contributed by atoms with Crippen LogP contribution in [0, 0.1) is 0 Å². The normalized spacial score (nSPS) is 10.2. The molecule has 2 aromatic heterocycles. The molecule has 110 valence electrons. The van der Waals surface area contributed by atoms with Gasteiger partial charge in [-0.2, -0.15) is 0 Å². The van der Waals surface area contributed by atoms with Crippen molar-refractivity contribution in [1.82, 2.24) is 15.0 Å². The Morgan fingerprint density at radius 3 is 2.82 bits per heavy atom. The topological polar surface area (TPSA) is 86.0 Å². The first-order chi connectivity index (χ1) is 10.8. The van der Waals surface area contributed by atoms with Crippen LogP contribution in [0.3, 0.4) is 0 Å². The number of ether oxygens (including phenoxy) is 1. The van der Waals surface area contributed by atoms with Gasteiger partial charge in [0.15, 0.2) is 0 Å². The molecule has 0 bridgehead atoms. The molecule has 3 N–H and O–H groups in total. The van der Waals surface area contributed by atoms with E-state index in [1.165, 1.54) is 0 Å². The van der Waals surface area contributed by atoms with Gasteiger partial charge in [-0.15, -0.1) is 0 Å². The fraction of sp³-hybridized carbons (Fsp3) is 0.0625. The number of aromatic nitrogens is 3. The van der Waals surface area contributed by atoms with Crippen LogP contribution in [0.15, 0.2) is 55.0 Å². The summed E-state index contributed by atoms with van der Waals surface area (Å²) < 4.78 is 5.30. The second-order valence-corrected chi connectivity index (χ2v) is 4.59. The lowest BCUT2D eigenvalue weighted by molar-refractivity contribution is 0.417. The van der Waals surface area contributed by atoms with Crippen LogP contribution < -0.4 is 15.8 Å². The molecule has 0 radical (unpaired) electrons. The number of nitrogen functional groups attached to an aromatic ring is 1. The van der Waals surface area contributed by atoms with Crippen LogP contribution in [0.25, 0.3) is 11.3 Å². The van der Waals surface area contributed by atoms with E-state index in [1.807, 2.05) is 18.2 Å². The van der Waals surface area contributed by atoms with Gasteiger partial charge in [0.25, 0.3) is 0 Å². The van der Waals surface area contributed by atoms with E-state index >= 15 is 0 Å². The molecule has 0 aliphatic carbocycles. The van der Waals surface area contributed by atoms with E-state index < -0.39 is 0 Å². The zero-order valence-corrected chi connectivity index (χ0v) is 12.0. The number of benzene rings is 1. The van der Waals surface area contributed by atoms with Crippen molar-refractivity contribution in [2.75, 3.05) is 18.2 Å². The lowest BCUT2D eigenvalue weighted by atomic mass is 10.2. The van der Waals surface area contributed by atoms with E-state index in [0.717, 1.165) is 11.3 Å². The average molecular weight is 293 g/mol. The molecule has 0 saturated carbocycles. The highest BCUT2D eigenvalue weighted by Gasteiger charge is 2.07. The van der Waals surface area contributed by atoms with E-state index in [0.29, 0.717) is 23.1 Å². The number of methoxy groups -OCH3 is 1. The standard InChI is InChI=1S/C16H15N5O/c1-22-15-5-4-12(17)9-14(15)21-16-19-8-6-13(20-16)11-3-2-7-18-10-11/h2-10H,17H2,1H3,(H,19,20,21).